The molecule has 100 valence electrons. The summed E-state index contributed by atoms with van der Waals surface area (Å²) in [7, 11) is 3.36. The zero-order valence-corrected chi connectivity index (χ0v) is 11.6. The third kappa shape index (κ3) is 1.97. The highest BCUT2D eigenvalue weighted by Gasteiger charge is 2.36. The first-order valence-electron chi connectivity index (χ1n) is 6.60. The van der Waals surface area contributed by atoms with Crippen molar-refractivity contribution < 1.29 is 9.47 Å². The van der Waals surface area contributed by atoms with Gasteiger partial charge in [0.15, 0.2) is 11.5 Å². The molecule has 0 aliphatic heterocycles. The third-order valence-electron chi connectivity index (χ3n) is 4.32. The lowest BCUT2D eigenvalue weighted by molar-refractivity contribution is 0.349. The molecule has 1 saturated carbocycles. The molecule has 0 atom stereocenters. The summed E-state index contributed by atoms with van der Waals surface area (Å²) in [4.78, 5) is 0. The Hall–Kier alpha value is -1.22. The Balaban J connectivity index is 2.51. The normalized spacial score (nSPS) is 17.8. The van der Waals surface area contributed by atoms with Crippen molar-refractivity contribution in [3.8, 4) is 11.5 Å². The smallest absolute Gasteiger partial charge is 0.163 e. The van der Waals surface area contributed by atoms with Gasteiger partial charge < -0.3 is 15.2 Å². The van der Waals surface area contributed by atoms with Gasteiger partial charge in [0.1, 0.15) is 0 Å². The molecular weight excluding hydrogens is 226 g/mol. The number of hydrogen-bond acceptors (Lipinski definition) is 3. The number of hydrogen-bond donors (Lipinski definition) is 1. The van der Waals surface area contributed by atoms with Gasteiger partial charge in [0.25, 0.3) is 0 Å². The van der Waals surface area contributed by atoms with E-state index in [-0.39, 0.29) is 5.41 Å². The molecule has 0 radical (unpaired) electrons. The summed E-state index contributed by atoms with van der Waals surface area (Å²) >= 11 is 0. The van der Waals surface area contributed by atoms with Crippen LogP contribution in [0.15, 0.2) is 12.1 Å². The van der Waals surface area contributed by atoms with Crippen LogP contribution in [0, 0.1) is 6.92 Å². The SMILES string of the molecule is COc1ccc(C2(CN)CCCC2)c(C)c1OC. The molecule has 0 amide bonds. The molecule has 1 aliphatic carbocycles. The summed E-state index contributed by atoms with van der Waals surface area (Å²) in [5, 5.41) is 0. The average molecular weight is 249 g/mol. The second-order valence-electron chi connectivity index (χ2n) is 5.17. The molecule has 0 heterocycles. The number of methoxy groups -OCH3 is 2. The molecule has 0 unspecified atom stereocenters. The van der Waals surface area contributed by atoms with Crippen molar-refractivity contribution in [3.05, 3.63) is 23.3 Å². The van der Waals surface area contributed by atoms with Crippen LogP contribution in [0.5, 0.6) is 11.5 Å². The van der Waals surface area contributed by atoms with Crippen LogP contribution in [0.25, 0.3) is 0 Å². The van der Waals surface area contributed by atoms with E-state index in [0.717, 1.165) is 11.5 Å². The first-order valence-corrected chi connectivity index (χ1v) is 6.60. The van der Waals surface area contributed by atoms with E-state index in [1.54, 1.807) is 14.2 Å². The number of benzene rings is 1. The predicted octanol–water partition coefficient (Wildman–Crippen LogP) is 2.78. The van der Waals surface area contributed by atoms with Crippen LogP contribution in [0.1, 0.15) is 36.8 Å². The fourth-order valence-corrected chi connectivity index (χ4v) is 3.29. The molecule has 0 spiro atoms. The van der Waals surface area contributed by atoms with Crippen LogP contribution >= 0.6 is 0 Å². The van der Waals surface area contributed by atoms with E-state index in [4.69, 9.17) is 15.2 Å². The second kappa shape index (κ2) is 5.19. The van der Waals surface area contributed by atoms with E-state index in [1.165, 1.54) is 36.8 Å². The van der Waals surface area contributed by atoms with Crippen LogP contribution < -0.4 is 15.2 Å². The van der Waals surface area contributed by atoms with Crippen LogP contribution in [-0.2, 0) is 5.41 Å². The Morgan fingerprint density at radius 1 is 1.17 bits per heavy atom. The maximum atomic E-state index is 6.06. The largest absolute Gasteiger partial charge is 0.493 e. The molecule has 1 fully saturated rings. The number of ether oxygens (including phenoxy) is 2. The fraction of sp³-hybridized carbons (Fsp3) is 0.600. The molecule has 3 nitrogen and oxygen atoms in total. The molecule has 0 saturated heterocycles. The first-order chi connectivity index (χ1) is 8.68. The molecule has 0 aromatic heterocycles. The van der Waals surface area contributed by atoms with E-state index in [0.29, 0.717) is 6.54 Å². The summed E-state index contributed by atoms with van der Waals surface area (Å²) in [6.45, 7) is 2.82. The fourth-order valence-electron chi connectivity index (χ4n) is 3.29. The van der Waals surface area contributed by atoms with Crippen molar-refractivity contribution in [2.45, 2.75) is 38.0 Å². The van der Waals surface area contributed by atoms with Crippen LogP contribution in [-0.4, -0.2) is 20.8 Å². The van der Waals surface area contributed by atoms with E-state index < -0.39 is 0 Å². The van der Waals surface area contributed by atoms with Gasteiger partial charge in [-0.2, -0.15) is 0 Å². The Morgan fingerprint density at radius 3 is 2.33 bits per heavy atom. The quantitative estimate of drug-likeness (QED) is 0.892. The maximum absolute atomic E-state index is 6.06. The van der Waals surface area contributed by atoms with Gasteiger partial charge >= 0.3 is 0 Å². The molecule has 3 heteroatoms. The Labute approximate surface area is 109 Å². The van der Waals surface area contributed by atoms with Crippen LogP contribution in [0.2, 0.25) is 0 Å². The summed E-state index contributed by atoms with van der Waals surface area (Å²) in [5.41, 5.74) is 8.71. The summed E-state index contributed by atoms with van der Waals surface area (Å²) in [6, 6.07) is 4.16. The van der Waals surface area contributed by atoms with Crippen molar-refractivity contribution >= 4 is 0 Å². The highest BCUT2D eigenvalue weighted by Crippen LogP contribution is 2.45. The van der Waals surface area contributed by atoms with Crippen molar-refractivity contribution in [1.29, 1.82) is 0 Å². The minimum atomic E-state index is 0.142. The van der Waals surface area contributed by atoms with Crippen molar-refractivity contribution in [3.63, 3.8) is 0 Å². The van der Waals surface area contributed by atoms with Crippen LogP contribution in [0.3, 0.4) is 0 Å². The van der Waals surface area contributed by atoms with Gasteiger partial charge in [0.05, 0.1) is 14.2 Å². The predicted molar refractivity (Wildman–Crippen MR) is 73.5 cm³/mol. The van der Waals surface area contributed by atoms with Gasteiger partial charge in [0.2, 0.25) is 0 Å². The lowest BCUT2D eigenvalue weighted by atomic mass is 9.76. The summed E-state index contributed by atoms with van der Waals surface area (Å²) in [5.74, 6) is 1.64. The molecule has 0 bridgehead atoms. The van der Waals surface area contributed by atoms with Crippen molar-refractivity contribution in [1.82, 2.24) is 0 Å². The molecule has 1 aromatic rings. The Morgan fingerprint density at radius 2 is 1.83 bits per heavy atom. The minimum Gasteiger partial charge on any atom is -0.493 e. The van der Waals surface area contributed by atoms with Gasteiger partial charge in [-0.25, -0.2) is 0 Å². The molecule has 2 N–H and O–H groups in total. The van der Waals surface area contributed by atoms with Gasteiger partial charge in [-0.3, -0.25) is 0 Å². The highest BCUT2D eigenvalue weighted by atomic mass is 16.5. The summed E-state index contributed by atoms with van der Waals surface area (Å²) < 4.78 is 10.8. The molecule has 1 aliphatic rings. The van der Waals surface area contributed by atoms with E-state index in [9.17, 15) is 0 Å². The number of rotatable bonds is 4. The van der Waals surface area contributed by atoms with E-state index >= 15 is 0 Å². The first kappa shape index (κ1) is 13.2. The van der Waals surface area contributed by atoms with Crippen LogP contribution in [0.4, 0.5) is 0 Å². The van der Waals surface area contributed by atoms with Gasteiger partial charge in [0, 0.05) is 12.0 Å². The third-order valence-corrected chi connectivity index (χ3v) is 4.32. The average Bonchev–Trinajstić information content (AvgIpc) is 2.88. The minimum absolute atomic E-state index is 0.142. The monoisotopic (exact) mass is 249 g/mol. The molecule has 18 heavy (non-hydrogen) atoms. The second-order valence-corrected chi connectivity index (χ2v) is 5.17. The zero-order valence-electron chi connectivity index (χ0n) is 11.6. The van der Waals surface area contributed by atoms with Crippen molar-refractivity contribution in [2.75, 3.05) is 20.8 Å². The van der Waals surface area contributed by atoms with Gasteiger partial charge in [-0.1, -0.05) is 18.9 Å². The Kier molecular flexibility index (Phi) is 3.81. The van der Waals surface area contributed by atoms with E-state index in [1.807, 2.05) is 6.07 Å². The summed E-state index contributed by atoms with van der Waals surface area (Å²) in [6.07, 6.45) is 4.90. The standard InChI is InChI=1S/C15H23NO2/c1-11-12(15(10-16)8-4-5-9-15)6-7-13(17-2)14(11)18-3/h6-7H,4-5,8-10,16H2,1-3H3. The molecule has 2 rings (SSSR count). The van der Waals surface area contributed by atoms with Crippen molar-refractivity contribution in [2.24, 2.45) is 5.73 Å². The van der Waals surface area contributed by atoms with Gasteiger partial charge in [-0.15, -0.1) is 0 Å². The Bertz CT molecular complexity index is 423. The van der Waals surface area contributed by atoms with E-state index in [2.05, 4.69) is 13.0 Å². The number of nitrogens with two attached hydrogens (primary N) is 1. The lowest BCUT2D eigenvalue weighted by Gasteiger charge is -2.30. The topological polar surface area (TPSA) is 44.5 Å². The molecule has 1 aromatic carbocycles. The van der Waals surface area contributed by atoms with Gasteiger partial charge in [-0.05, 0) is 37.0 Å². The lowest BCUT2D eigenvalue weighted by Crippen LogP contribution is -2.32. The molecular formula is C15H23NO2. The zero-order chi connectivity index (χ0) is 13.2. The maximum Gasteiger partial charge on any atom is 0.163 e. The highest BCUT2D eigenvalue weighted by molar-refractivity contribution is 5.52.